The van der Waals surface area contributed by atoms with Crippen LogP contribution in [0.3, 0.4) is 0 Å². The maximum absolute atomic E-state index is 5.48. The van der Waals surface area contributed by atoms with Gasteiger partial charge in [0.25, 0.3) is 0 Å². The van der Waals surface area contributed by atoms with Crippen LogP contribution >= 0.6 is 0 Å². The van der Waals surface area contributed by atoms with E-state index in [0.29, 0.717) is 12.7 Å². The molecule has 2 aromatic rings. The van der Waals surface area contributed by atoms with Gasteiger partial charge in [0.2, 0.25) is 12.7 Å². The van der Waals surface area contributed by atoms with Gasteiger partial charge in [-0.25, -0.2) is 0 Å². The normalized spacial score (nSPS) is 16.6. The molecule has 0 bridgehead atoms. The molecule has 0 saturated carbocycles. The van der Waals surface area contributed by atoms with Crippen molar-refractivity contribution >= 4 is 11.8 Å². The van der Waals surface area contributed by atoms with Crippen LogP contribution in [-0.2, 0) is 6.54 Å². The fraction of sp³-hybridized carbons (Fsp3) is 0.526. The van der Waals surface area contributed by atoms with Crippen molar-refractivity contribution in [2.24, 2.45) is 0 Å². The van der Waals surface area contributed by atoms with E-state index in [-0.39, 0.29) is 0 Å². The summed E-state index contributed by atoms with van der Waals surface area (Å²) >= 11 is 0. The number of benzene rings is 1. The van der Waals surface area contributed by atoms with Crippen molar-refractivity contribution in [2.45, 2.75) is 20.4 Å². The van der Waals surface area contributed by atoms with E-state index in [9.17, 15) is 0 Å². The van der Waals surface area contributed by atoms with Gasteiger partial charge in [-0.05, 0) is 31.5 Å². The number of hydrogen-bond donors (Lipinski definition) is 0. The van der Waals surface area contributed by atoms with Crippen LogP contribution in [0.1, 0.15) is 19.4 Å². The molecule has 144 valence electrons. The molecule has 2 aliphatic rings. The topological polar surface area (TPSA) is 66.9 Å². The monoisotopic (exact) mass is 370 g/mol. The van der Waals surface area contributed by atoms with E-state index >= 15 is 0 Å². The van der Waals surface area contributed by atoms with Gasteiger partial charge in [0.1, 0.15) is 0 Å². The Labute approximate surface area is 159 Å². The minimum atomic E-state index is 0.319. The zero-order chi connectivity index (χ0) is 18.6. The highest BCUT2D eigenvalue weighted by atomic mass is 16.7. The molecule has 27 heavy (non-hydrogen) atoms. The number of ether oxygens (including phenoxy) is 2. The second-order valence-corrected chi connectivity index (χ2v) is 6.74. The third-order valence-corrected chi connectivity index (χ3v) is 5.12. The van der Waals surface area contributed by atoms with Gasteiger partial charge < -0.3 is 19.3 Å². The molecule has 1 aromatic heterocycles. The summed E-state index contributed by atoms with van der Waals surface area (Å²) in [4.78, 5) is 11.6. The van der Waals surface area contributed by atoms with Crippen LogP contribution in [0.25, 0.3) is 0 Å². The fourth-order valence-corrected chi connectivity index (χ4v) is 3.51. The summed E-state index contributed by atoms with van der Waals surface area (Å²) in [6.07, 6.45) is 1.76. The first-order valence-electron chi connectivity index (χ1n) is 9.57. The van der Waals surface area contributed by atoms with Crippen molar-refractivity contribution < 1.29 is 9.47 Å². The maximum atomic E-state index is 5.48. The summed E-state index contributed by atoms with van der Waals surface area (Å²) < 4.78 is 10.9. The highest BCUT2D eigenvalue weighted by Gasteiger charge is 2.21. The summed E-state index contributed by atoms with van der Waals surface area (Å²) in [5.41, 5.74) is 1.25. The smallest absolute Gasteiger partial charge is 0.247 e. The lowest BCUT2D eigenvalue weighted by molar-refractivity contribution is 0.174. The summed E-state index contributed by atoms with van der Waals surface area (Å²) in [7, 11) is 0. The molecule has 3 heterocycles. The van der Waals surface area contributed by atoms with E-state index in [1.165, 1.54) is 5.56 Å². The van der Waals surface area contributed by atoms with E-state index in [2.05, 4.69) is 50.9 Å². The number of aromatic nitrogens is 3. The minimum absolute atomic E-state index is 0.319. The molecule has 0 spiro atoms. The van der Waals surface area contributed by atoms with E-state index in [1.807, 2.05) is 6.07 Å². The van der Waals surface area contributed by atoms with Gasteiger partial charge in [0, 0.05) is 45.8 Å². The van der Waals surface area contributed by atoms with Gasteiger partial charge in [-0.3, -0.25) is 4.90 Å². The van der Waals surface area contributed by atoms with E-state index in [1.54, 1.807) is 6.20 Å². The van der Waals surface area contributed by atoms with Gasteiger partial charge in [0.05, 0.1) is 6.20 Å². The van der Waals surface area contributed by atoms with Crippen molar-refractivity contribution in [3.05, 3.63) is 30.0 Å². The van der Waals surface area contributed by atoms with E-state index < -0.39 is 0 Å². The van der Waals surface area contributed by atoms with Crippen LogP contribution in [0.5, 0.6) is 11.5 Å². The molecule has 0 radical (unpaired) electrons. The Hall–Kier alpha value is -2.61. The molecule has 0 N–H and O–H groups in total. The highest BCUT2D eigenvalue weighted by molar-refractivity contribution is 5.45. The first-order valence-corrected chi connectivity index (χ1v) is 9.57. The molecule has 0 atom stereocenters. The third kappa shape index (κ3) is 3.90. The zero-order valence-corrected chi connectivity index (χ0v) is 16.0. The Morgan fingerprint density at radius 1 is 1.04 bits per heavy atom. The molecule has 2 aliphatic heterocycles. The van der Waals surface area contributed by atoms with Crippen LogP contribution in [0.4, 0.5) is 11.8 Å². The SMILES string of the molecule is CCN(CC)c1nncc(N2CCN(Cc3ccc4c(c3)OCO4)CC2)n1. The van der Waals surface area contributed by atoms with Gasteiger partial charge in [-0.15, -0.1) is 5.10 Å². The first kappa shape index (κ1) is 17.8. The molecule has 0 unspecified atom stereocenters. The Morgan fingerprint density at radius 3 is 2.59 bits per heavy atom. The predicted octanol–water partition coefficient (Wildman–Crippen LogP) is 1.77. The van der Waals surface area contributed by atoms with Crippen LogP contribution in [-0.4, -0.2) is 66.1 Å². The second kappa shape index (κ2) is 7.96. The fourth-order valence-electron chi connectivity index (χ4n) is 3.51. The summed E-state index contributed by atoms with van der Waals surface area (Å²) in [5.74, 6) is 3.31. The van der Waals surface area contributed by atoms with Crippen LogP contribution in [0.15, 0.2) is 24.4 Å². The van der Waals surface area contributed by atoms with E-state index in [4.69, 9.17) is 14.5 Å². The molecule has 1 aromatic carbocycles. The third-order valence-electron chi connectivity index (χ3n) is 5.12. The highest BCUT2D eigenvalue weighted by Crippen LogP contribution is 2.32. The lowest BCUT2D eigenvalue weighted by Gasteiger charge is -2.35. The first-order chi connectivity index (χ1) is 13.3. The molecular weight excluding hydrogens is 344 g/mol. The average molecular weight is 370 g/mol. The van der Waals surface area contributed by atoms with Crippen molar-refractivity contribution in [3.8, 4) is 11.5 Å². The summed E-state index contributed by atoms with van der Waals surface area (Å²) in [6.45, 7) is 11.0. The molecule has 8 nitrogen and oxygen atoms in total. The summed E-state index contributed by atoms with van der Waals surface area (Å²) in [6, 6.07) is 6.19. The molecule has 4 rings (SSSR count). The van der Waals surface area contributed by atoms with Gasteiger partial charge in [0.15, 0.2) is 17.3 Å². The quantitative estimate of drug-likeness (QED) is 0.762. The molecule has 8 heteroatoms. The number of anilines is 2. The number of nitrogens with zero attached hydrogens (tertiary/aromatic N) is 6. The number of fused-ring (bicyclic) bond motifs is 1. The van der Waals surface area contributed by atoms with Crippen molar-refractivity contribution in [3.63, 3.8) is 0 Å². The average Bonchev–Trinajstić information content (AvgIpc) is 3.18. The van der Waals surface area contributed by atoms with Crippen molar-refractivity contribution in [2.75, 3.05) is 55.9 Å². The van der Waals surface area contributed by atoms with Gasteiger partial charge in [-0.2, -0.15) is 10.1 Å². The number of piperazine rings is 1. The molecular formula is C19H26N6O2. The Kier molecular flexibility index (Phi) is 5.24. The van der Waals surface area contributed by atoms with Gasteiger partial charge in [-0.1, -0.05) is 6.07 Å². The maximum Gasteiger partial charge on any atom is 0.247 e. The van der Waals surface area contributed by atoms with Crippen LogP contribution in [0.2, 0.25) is 0 Å². The molecule has 0 aliphatic carbocycles. The Morgan fingerprint density at radius 2 is 1.81 bits per heavy atom. The van der Waals surface area contributed by atoms with Crippen molar-refractivity contribution in [1.82, 2.24) is 20.1 Å². The molecule has 1 fully saturated rings. The summed E-state index contributed by atoms with van der Waals surface area (Å²) in [5, 5.41) is 8.34. The minimum Gasteiger partial charge on any atom is -0.454 e. The van der Waals surface area contributed by atoms with E-state index in [0.717, 1.165) is 63.1 Å². The standard InChI is InChI=1S/C19H26N6O2/c1-3-24(4-2)19-21-18(12-20-22-19)25-9-7-23(8-10-25)13-15-5-6-16-17(11-15)27-14-26-16/h5-6,11-12H,3-4,7-10,13-14H2,1-2H3. The predicted molar refractivity (Wildman–Crippen MR) is 103 cm³/mol. The van der Waals surface area contributed by atoms with Crippen molar-refractivity contribution in [1.29, 1.82) is 0 Å². The number of hydrogen-bond acceptors (Lipinski definition) is 8. The molecule has 0 amide bonds. The lowest BCUT2D eigenvalue weighted by atomic mass is 10.1. The number of rotatable bonds is 6. The second-order valence-electron chi connectivity index (χ2n) is 6.74. The van der Waals surface area contributed by atoms with Gasteiger partial charge >= 0.3 is 0 Å². The van der Waals surface area contributed by atoms with Crippen LogP contribution in [0, 0.1) is 0 Å². The lowest BCUT2D eigenvalue weighted by Crippen LogP contribution is -2.46. The zero-order valence-electron chi connectivity index (χ0n) is 16.0. The Bertz CT molecular complexity index is 775. The molecule has 1 saturated heterocycles. The van der Waals surface area contributed by atoms with Crippen LogP contribution < -0.4 is 19.3 Å². The Balaban J connectivity index is 1.36. The largest absolute Gasteiger partial charge is 0.454 e.